The number of piperidine rings is 1. The highest BCUT2D eigenvalue weighted by molar-refractivity contribution is 7.89. The highest BCUT2D eigenvalue weighted by Crippen LogP contribution is 2.35. The summed E-state index contributed by atoms with van der Waals surface area (Å²) >= 11 is 1.44. The lowest BCUT2D eigenvalue weighted by Gasteiger charge is -2.33. The van der Waals surface area contributed by atoms with Gasteiger partial charge in [-0.3, -0.25) is 14.7 Å². The third kappa shape index (κ3) is 5.18. The smallest absolute Gasteiger partial charge is 0.245 e. The van der Waals surface area contributed by atoms with E-state index in [-0.39, 0.29) is 38.4 Å². The molecule has 0 radical (unpaired) electrons. The van der Waals surface area contributed by atoms with E-state index in [0.717, 1.165) is 37.8 Å². The Morgan fingerprint density at radius 2 is 1.87 bits per heavy atom. The Morgan fingerprint density at radius 1 is 1.11 bits per heavy atom. The lowest BCUT2D eigenvalue weighted by molar-refractivity contribution is -0.123. The Labute approximate surface area is 223 Å². The van der Waals surface area contributed by atoms with Crippen molar-refractivity contribution in [2.24, 2.45) is 5.92 Å². The van der Waals surface area contributed by atoms with Crippen LogP contribution in [0.4, 0.5) is 13.9 Å². The minimum atomic E-state index is -4.16. The summed E-state index contributed by atoms with van der Waals surface area (Å²) in [7, 11) is -4.16. The van der Waals surface area contributed by atoms with Gasteiger partial charge in [-0.2, -0.15) is 4.31 Å². The van der Waals surface area contributed by atoms with Gasteiger partial charge in [0, 0.05) is 31.3 Å². The van der Waals surface area contributed by atoms with Crippen molar-refractivity contribution < 1.29 is 22.0 Å². The molecule has 1 aliphatic heterocycles. The average Bonchev–Trinajstić information content (AvgIpc) is 3.31. The fourth-order valence-electron chi connectivity index (χ4n) is 4.76. The van der Waals surface area contributed by atoms with Crippen molar-refractivity contribution in [2.75, 3.05) is 18.0 Å². The summed E-state index contributed by atoms with van der Waals surface area (Å²) in [5.41, 5.74) is 3.70. The first-order valence-corrected chi connectivity index (χ1v) is 14.4. The van der Waals surface area contributed by atoms with E-state index in [0.29, 0.717) is 16.9 Å². The minimum absolute atomic E-state index is 0.0468. The van der Waals surface area contributed by atoms with Crippen molar-refractivity contribution in [3.63, 3.8) is 0 Å². The van der Waals surface area contributed by atoms with Crippen LogP contribution >= 0.6 is 11.3 Å². The SMILES string of the molecule is Cc1cc(C)c2sc(N(Cc3ccccn3)C(=O)C3CCN(S(=O)(=O)c4ccc(F)cc4F)CC3)nc2c1. The summed E-state index contributed by atoms with van der Waals surface area (Å²) in [5.74, 6) is -2.59. The molecule has 1 saturated heterocycles. The molecule has 0 spiro atoms. The molecule has 198 valence electrons. The number of hydrogen-bond acceptors (Lipinski definition) is 6. The van der Waals surface area contributed by atoms with E-state index in [1.807, 2.05) is 32.0 Å². The van der Waals surface area contributed by atoms with Crippen LogP contribution in [0.3, 0.4) is 0 Å². The van der Waals surface area contributed by atoms with E-state index in [1.165, 1.54) is 11.3 Å². The number of carbonyl (C=O) groups is 1. The first-order valence-electron chi connectivity index (χ1n) is 12.2. The summed E-state index contributed by atoms with van der Waals surface area (Å²) in [6.07, 6.45) is 2.20. The molecule has 0 bridgehead atoms. The fourth-order valence-corrected chi connectivity index (χ4v) is 7.30. The third-order valence-electron chi connectivity index (χ3n) is 6.67. The molecule has 1 fully saturated rings. The molecule has 2 aromatic carbocycles. The van der Waals surface area contributed by atoms with Crippen LogP contribution < -0.4 is 4.90 Å². The third-order valence-corrected chi connectivity index (χ3v) is 9.83. The van der Waals surface area contributed by atoms with Crippen molar-refractivity contribution in [1.29, 1.82) is 0 Å². The minimum Gasteiger partial charge on any atom is -0.282 e. The van der Waals surface area contributed by atoms with Gasteiger partial charge < -0.3 is 0 Å². The molecular weight excluding hydrogens is 530 g/mol. The Balaban J connectivity index is 1.39. The van der Waals surface area contributed by atoms with Crippen molar-refractivity contribution in [1.82, 2.24) is 14.3 Å². The van der Waals surface area contributed by atoms with E-state index < -0.39 is 32.5 Å². The number of sulfonamides is 1. The molecule has 38 heavy (non-hydrogen) atoms. The lowest BCUT2D eigenvalue weighted by atomic mass is 9.96. The number of anilines is 1. The summed E-state index contributed by atoms with van der Waals surface area (Å²) in [6, 6.07) is 12.0. The van der Waals surface area contributed by atoms with Crippen molar-refractivity contribution in [2.45, 2.75) is 38.1 Å². The van der Waals surface area contributed by atoms with Gasteiger partial charge in [-0.05, 0) is 68.1 Å². The first kappa shape index (κ1) is 26.3. The number of aryl methyl sites for hydroxylation is 2. The highest BCUT2D eigenvalue weighted by Gasteiger charge is 2.36. The molecule has 2 aromatic heterocycles. The van der Waals surface area contributed by atoms with E-state index >= 15 is 0 Å². The normalized spacial score (nSPS) is 15.2. The Morgan fingerprint density at radius 3 is 2.55 bits per heavy atom. The van der Waals surface area contributed by atoms with Crippen molar-refractivity contribution in [3.8, 4) is 0 Å². The van der Waals surface area contributed by atoms with Crippen LogP contribution in [0, 0.1) is 31.4 Å². The van der Waals surface area contributed by atoms with Crippen LogP contribution in [0.2, 0.25) is 0 Å². The molecule has 5 rings (SSSR count). The molecule has 0 unspecified atom stereocenters. The molecule has 4 aromatic rings. The topological polar surface area (TPSA) is 83.5 Å². The number of halogens is 2. The van der Waals surface area contributed by atoms with Crippen molar-refractivity contribution >= 4 is 42.6 Å². The molecule has 3 heterocycles. The van der Waals surface area contributed by atoms with Gasteiger partial charge in [0.15, 0.2) is 5.13 Å². The highest BCUT2D eigenvalue weighted by atomic mass is 32.2. The number of aromatic nitrogens is 2. The Hall–Kier alpha value is -3.28. The van der Waals surface area contributed by atoms with Gasteiger partial charge in [0.05, 0.1) is 22.5 Å². The lowest BCUT2D eigenvalue weighted by Crippen LogP contribution is -2.44. The second kappa shape index (κ2) is 10.5. The van der Waals surface area contributed by atoms with Gasteiger partial charge in [-0.1, -0.05) is 23.5 Å². The van der Waals surface area contributed by atoms with Crippen molar-refractivity contribution in [3.05, 3.63) is 83.2 Å². The molecule has 0 saturated carbocycles. The van der Waals surface area contributed by atoms with Crippen LogP contribution in [0.5, 0.6) is 0 Å². The van der Waals surface area contributed by atoms with E-state index in [9.17, 15) is 22.0 Å². The first-order chi connectivity index (χ1) is 18.1. The van der Waals surface area contributed by atoms with Gasteiger partial charge in [0.1, 0.15) is 16.5 Å². The standard InChI is InChI=1S/C27H26F2N4O3S2/c1-17-13-18(2)25-23(14-17)31-27(37-25)33(16-21-5-3-4-10-30-21)26(34)19-8-11-32(12-9-19)38(35,36)24-7-6-20(28)15-22(24)29/h3-7,10,13-15,19H,8-9,11-12,16H2,1-2H3. The number of carbonyl (C=O) groups excluding carboxylic acids is 1. The molecule has 0 aliphatic carbocycles. The number of amides is 1. The average molecular weight is 557 g/mol. The number of fused-ring (bicyclic) bond motifs is 1. The summed E-state index contributed by atoms with van der Waals surface area (Å²) < 4.78 is 55.7. The number of thiazole rings is 1. The van der Waals surface area contributed by atoms with Gasteiger partial charge in [-0.25, -0.2) is 22.2 Å². The maximum Gasteiger partial charge on any atom is 0.245 e. The van der Waals surface area contributed by atoms with Crippen LogP contribution in [-0.4, -0.2) is 41.7 Å². The quantitative estimate of drug-likeness (QED) is 0.325. The van der Waals surface area contributed by atoms with Gasteiger partial charge in [-0.15, -0.1) is 0 Å². The molecule has 11 heteroatoms. The Kier molecular flexibility index (Phi) is 7.26. The zero-order chi connectivity index (χ0) is 27.0. The van der Waals surface area contributed by atoms with Gasteiger partial charge in [0.25, 0.3) is 0 Å². The second-order valence-electron chi connectivity index (χ2n) is 9.43. The monoisotopic (exact) mass is 556 g/mol. The molecule has 1 amide bonds. The predicted molar refractivity (Wildman–Crippen MR) is 142 cm³/mol. The zero-order valence-electron chi connectivity index (χ0n) is 20.9. The maximum atomic E-state index is 14.2. The molecule has 0 atom stereocenters. The molecule has 1 aliphatic rings. The number of hydrogen-bond donors (Lipinski definition) is 0. The summed E-state index contributed by atoms with van der Waals surface area (Å²) in [4.78, 5) is 24.1. The number of benzene rings is 2. The summed E-state index contributed by atoms with van der Waals surface area (Å²) in [6.45, 7) is 4.34. The van der Waals surface area contributed by atoms with Gasteiger partial charge in [0.2, 0.25) is 15.9 Å². The van der Waals surface area contributed by atoms with Crippen LogP contribution in [0.1, 0.15) is 29.7 Å². The number of rotatable bonds is 6. The van der Waals surface area contributed by atoms with E-state index in [2.05, 4.69) is 11.1 Å². The second-order valence-corrected chi connectivity index (χ2v) is 12.3. The zero-order valence-corrected chi connectivity index (χ0v) is 22.5. The van der Waals surface area contributed by atoms with Crippen LogP contribution in [0.25, 0.3) is 10.2 Å². The number of pyridine rings is 1. The molecular formula is C27H26F2N4O3S2. The van der Waals surface area contributed by atoms with E-state index in [1.54, 1.807) is 17.2 Å². The van der Waals surface area contributed by atoms with Gasteiger partial charge >= 0.3 is 0 Å². The van der Waals surface area contributed by atoms with Crippen LogP contribution in [-0.2, 0) is 21.4 Å². The summed E-state index contributed by atoms with van der Waals surface area (Å²) in [5, 5.41) is 0.563. The maximum absolute atomic E-state index is 14.2. The van der Waals surface area contributed by atoms with Crippen LogP contribution in [0.15, 0.2) is 59.6 Å². The molecule has 7 nitrogen and oxygen atoms in total. The fraction of sp³-hybridized carbons (Fsp3) is 0.296. The largest absolute Gasteiger partial charge is 0.282 e. The predicted octanol–water partition coefficient (Wildman–Crippen LogP) is 5.22. The molecule has 0 N–H and O–H groups in total. The Bertz CT molecular complexity index is 1600. The number of nitrogens with zero attached hydrogens (tertiary/aromatic N) is 4. The van der Waals surface area contributed by atoms with E-state index in [4.69, 9.17) is 4.98 Å².